The zero-order valence-electron chi connectivity index (χ0n) is 10.9. The van der Waals surface area contributed by atoms with Gasteiger partial charge in [-0.25, -0.2) is 0 Å². The standard InChI is InChI=1S/C15H20N2O/c1-11-8-12(2)10-13(9-11)15(17-16)6-5-14-4-3-7-18-14/h3-4,7-10,15,17H,5-6,16H2,1-2H3. The molecule has 0 fully saturated rings. The third kappa shape index (κ3) is 3.22. The fourth-order valence-corrected chi connectivity index (χ4v) is 2.30. The maximum Gasteiger partial charge on any atom is 0.103 e. The zero-order valence-corrected chi connectivity index (χ0v) is 10.9. The number of furan rings is 1. The van der Waals surface area contributed by atoms with Gasteiger partial charge in [0.1, 0.15) is 5.76 Å². The van der Waals surface area contributed by atoms with Gasteiger partial charge in [0, 0.05) is 12.5 Å². The maximum absolute atomic E-state index is 5.66. The van der Waals surface area contributed by atoms with Crippen LogP contribution in [-0.2, 0) is 6.42 Å². The first kappa shape index (κ1) is 12.9. The second kappa shape index (κ2) is 5.85. The Morgan fingerprint density at radius 2 is 1.94 bits per heavy atom. The summed E-state index contributed by atoms with van der Waals surface area (Å²) < 4.78 is 5.34. The molecule has 3 heteroatoms. The third-order valence-corrected chi connectivity index (χ3v) is 3.11. The topological polar surface area (TPSA) is 51.2 Å². The molecule has 3 nitrogen and oxygen atoms in total. The van der Waals surface area contributed by atoms with Gasteiger partial charge in [-0.15, -0.1) is 0 Å². The molecule has 18 heavy (non-hydrogen) atoms. The number of benzene rings is 1. The molecule has 3 N–H and O–H groups in total. The highest BCUT2D eigenvalue weighted by Gasteiger charge is 2.11. The molecule has 2 aromatic rings. The minimum absolute atomic E-state index is 0.161. The lowest BCUT2D eigenvalue weighted by Crippen LogP contribution is -2.28. The van der Waals surface area contributed by atoms with Crippen LogP contribution in [-0.4, -0.2) is 0 Å². The molecule has 0 aliphatic heterocycles. The smallest absolute Gasteiger partial charge is 0.103 e. The van der Waals surface area contributed by atoms with Gasteiger partial charge in [-0.2, -0.15) is 0 Å². The van der Waals surface area contributed by atoms with E-state index in [0.717, 1.165) is 18.6 Å². The minimum Gasteiger partial charge on any atom is -0.469 e. The molecule has 0 aliphatic rings. The monoisotopic (exact) mass is 244 g/mol. The molecule has 0 spiro atoms. The first-order valence-corrected chi connectivity index (χ1v) is 6.26. The summed E-state index contributed by atoms with van der Waals surface area (Å²) in [6.07, 6.45) is 3.51. The van der Waals surface area contributed by atoms with Crippen LogP contribution < -0.4 is 11.3 Å². The van der Waals surface area contributed by atoms with Gasteiger partial charge in [0.05, 0.1) is 6.26 Å². The van der Waals surface area contributed by atoms with Crippen molar-refractivity contribution in [1.82, 2.24) is 5.43 Å². The summed E-state index contributed by atoms with van der Waals surface area (Å²) in [4.78, 5) is 0. The van der Waals surface area contributed by atoms with E-state index in [0.29, 0.717) is 0 Å². The average molecular weight is 244 g/mol. The van der Waals surface area contributed by atoms with Crippen molar-refractivity contribution in [3.8, 4) is 0 Å². The molecular formula is C15H20N2O. The van der Waals surface area contributed by atoms with Crippen LogP contribution in [0.2, 0.25) is 0 Å². The normalized spacial score (nSPS) is 12.6. The average Bonchev–Trinajstić information content (AvgIpc) is 2.81. The van der Waals surface area contributed by atoms with E-state index in [-0.39, 0.29) is 6.04 Å². The van der Waals surface area contributed by atoms with Crippen molar-refractivity contribution >= 4 is 0 Å². The Morgan fingerprint density at radius 3 is 2.50 bits per heavy atom. The van der Waals surface area contributed by atoms with Gasteiger partial charge in [-0.05, 0) is 38.0 Å². The van der Waals surface area contributed by atoms with Crippen LogP contribution >= 0.6 is 0 Å². The summed E-state index contributed by atoms with van der Waals surface area (Å²) in [6, 6.07) is 10.6. The van der Waals surface area contributed by atoms with Gasteiger partial charge in [0.15, 0.2) is 0 Å². The van der Waals surface area contributed by atoms with Gasteiger partial charge < -0.3 is 4.42 Å². The Labute approximate surface area is 108 Å². The van der Waals surface area contributed by atoms with Crippen LogP contribution in [0.15, 0.2) is 41.0 Å². The Balaban J connectivity index is 2.07. The van der Waals surface area contributed by atoms with Gasteiger partial charge in [-0.1, -0.05) is 29.3 Å². The number of hydrogen-bond donors (Lipinski definition) is 2. The molecule has 2 rings (SSSR count). The van der Waals surface area contributed by atoms with E-state index in [1.165, 1.54) is 16.7 Å². The van der Waals surface area contributed by atoms with Crippen molar-refractivity contribution in [3.63, 3.8) is 0 Å². The van der Waals surface area contributed by atoms with Gasteiger partial charge in [0.25, 0.3) is 0 Å². The minimum atomic E-state index is 0.161. The number of hydrazine groups is 1. The van der Waals surface area contributed by atoms with E-state index < -0.39 is 0 Å². The first-order chi connectivity index (χ1) is 8.69. The van der Waals surface area contributed by atoms with E-state index in [9.17, 15) is 0 Å². The SMILES string of the molecule is Cc1cc(C)cc(C(CCc2ccco2)NN)c1. The molecule has 1 unspecified atom stereocenters. The second-order valence-electron chi connectivity index (χ2n) is 4.76. The fraction of sp³-hybridized carbons (Fsp3) is 0.333. The van der Waals surface area contributed by atoms with Crippen molar-refractivity contribution in [2.24, 2.45) is 5.84 Å². The van der Waals surface area contributed by atoms with Crippen molar-refractivity contribution in [2.75, 3.05) is 0 Å². The lowest BCUT2D eigenvalue weighted by atomic mass is 9.98. The van der Waals surface area contributed by atoms with Crippen molar-refractivity contribution in [3.05, 3.63) is 59.0 Å². The highest BCUT2D eigenvalue weighted by molar-refractivity contribution is 5.30. The molecule has 1 atom stereocenters. The van der Waals surface area contributed by atoms with Crippen LogP contribution in [0.4, 0.5) is 0 Å². The second-order valence-corrected chi connectivity index (χ2v) is 4.76. The van der Waals surface area contributed by atoms with Crippen LogP contribution in [0, 0.1) is 13.8 Å². The Kier molecular flexibility index (Phi) is 4.18. The molecule has 1 heterocycles. The summed E-state index contributed by atoms with van der Waals surface area (Å²) in [5.41, 5.74) is 6.66. The van der Waals surface area contributed by atoms with Gasteiger partial charge in [-0.3, -0.25) is 11.3 Å². The quantitative estimate of drug-likeness (QED) is 0.628. The zero-order chi connectivity index (χ0) is 13.0. The molecule has 1 aromatic heterocycles. The highest BCUT2D eigenvalue weighted by atomic mass is 16.3. The van der Waals surface area contributed by atoms with E-state index in [1.807, 2.05) is 12.1 Å². The van der Waals surface area contributed by atoms with E-state index in [2.05, 4.69) is 37.5 Å². The van der Waals surface area contributed by atoms with Crippen molar-refractivity contribution in [2.45, 2.75) is 32.7 Å². The fourth-order valence-electron chi connectivity index (χ4n) is 2.30. The van der Waals surface area contributed by atoms with Gasteiger partial charge in [0.2, 0.25) is 0 Å². The summed E-state index contributed by atoms with van der Waals surface area (Å²) in [7, 11) is 0. The largest absolute Gasteiger partial charge is 0.469 e. The molecule has 0 saturated heterocycles. The van der Waals surface area contributed by atoms with Crippen LogP contribution in [0.25, 0.3) is 0 Å². The van der Waals surface area contributed by atoms with Crippen LogP contribution in [0.1, 0.15) is 34.9 Å². The number of hydrogen-bond acceptors (Lipinski definition) is 3. The predicted octanol–water partition coefficient (Wildman–Crippen LogP) is 3.03. The highest BCUT2D eigenvalue weighted by Crippen LogP contribution is 2.21. The molecule has 0 bridgehead atoms. The Hall–Kier alpha value is -1.58. The maximum atomic E-state index is 5.66. The van der Waals surface area contributed by atoms with Crippen LogP contribution in [0.5, 0.6) is 0 Å². The number of nitrogens with two attached hydrogens (primary N) is 1. The Morgan fingerprint density at radius 1 is 1.22 bits per heavy atom. The molecular weight excluding hydrogens is 224 g/mol. The van der Waals surface area contributed by atoms with E-state index in [4.69, 9.17) is 10.3 Å². The number of aryl methyl sites for hydroxylation is 3. The molecule has 0 amide bonds. The van der Waals surface area contributed by atoms with E-state index in [1.54, 1.807) is 6.26 Å². The third-order valence-electron chi connectivity index (χ3n) is 3.11. The molecule has 0 radical (unpaired) electrons. The number of nitrogens with one attached hydrogen (secondary N) is 1. The first-order valence-electron chi connectivity index (χ1n) is 6.26. The summed E-state index contributed by atoms with van der Waals surface area (Å²) in [5.74, 6) is 6.66. The van der Waals surface area contributed by atoms with Crippen LogP contribution in [0.3, 0.4) is 0 Å². The number of rotatable bonds is 5. The van der Waals surface area contributed by atoms with Crippen molar-refractivity contribution in [1.29, 1.82) is 0 Å². The lowest BCUT2D eigenvalue weighted by Gasteiger charge is -2.17. The summed E-state index contributed by atoms with van der Waals surface area (Å²) >= 11 is 0. The lowest BCUT2D eigenvalue weighted by molar-refractivity contribution is 0.458. The molecule has 1 aromatic carbocycles. The Bertz CT molecular complexity index is 471. The van der Waals surface area contributed by atoms with Crippen molar-refractivity contribution < 1.29 is 4.42 Å². The summed E-state index contributed by atoms with van der Waals surface area (Å²) in [6.45, 7) is 4.22. The van der Waals surface area contributed by atoms with E-state index >= 15 is 0 Å². The molecule has 0 saturated carbocycles. The van der Waals surface area contributed by atoms with Gasteiger partial charge >= 0.3 is 0 Å². The molecule has 96 valence electrons. The summed E-state index contributed by atoms with van der Waals surface area (Å²) in [5, 5.41) is 0. The molecule has 0 aliphatic carbocycles. The predicted molar refractivity (Wildman–Crippen MR) is 73.0 cm³/mol.